The minimum atomic E-state index is -3.72. The second kappa shape index (κ2) is 4.61. The van der Waals surface area contributed by atoms with E-state index in [1.165, 1.54) is 6.07 Å². The number of nitrogens with two attached hydrogens (primary N) is 1. The fraction of sp³-hybridized carbons (Fsp3) is 0.462. The van der Waals surface area contributed by atoms with Crippen LogP contribution in [0, 0.1) is 11.8 Å². The Hall–Kier alpha value is -1.40. The molecule has 0 aromatic carbocycles. The number of sulfonamides is 1. The summed E-state index contributed by atoms with van der Waals surface area (Å²) in [6, 6.07) is 3.13. The zero-order valence-corrected chi connectivity index (χ0v) is 11.4. The van der Waals surface area contributed by atoms with Gasteiger partial charge in [0.05, 0.1) is 0 Å². The molecule has 0 saturated carbocycles. The Morgan fingerprint density at radius 3 is 2.42 bits per heavy atom. The number of fused-ring (bicyclic) bond motifs is 1. The van der Waals surface area contributed by atoms with Crippen LogP contribution in [-0.2, 0) is 10.0 Å². The zero-order valence-electron chi connectivity index (χ0n) is 10.6. The number of allylic oxidation sites excluding steroid dienone is 2. The summed E-state index contributed by atoms with van der Waals surface area (Å²) in [6.07, 6.45) is 8.18. The predicted molar refractivity (Wildman–Crippen MR) is 73.2 cm³/mol. The first-order valence-corrected chi connectivity index (χ1v) is 7.98. The highest BCUT2D eigenvalue weighted by molar-refractivity contribution is 7.89. The van der Waals surface area contributed by atoms with E-state index >= 15 is 0 Å². The Kier molecular flexibility index (Phi) is 3.06. The number of rotatable bonds is 2. The monoisotopic (exact) mass is 279 g/mol. The van der Waals surface area contributed by atoms with Crippen LogP contribution in [0.3, 0.4) is 0 Å². The van der Waals surface area contributed by atoms with Crippen LogP contribution in [0.15, 0.2) is 35.4 Å². The molecule has 2 N–H and O–H groups in total. The number of nitrogens with zero attached hydrogens (tertiary/aromatic N) is 2. The molecule has 3 rings (SSSR count). The van der Waals surface area contributed by atoms with Gasteiger partial charge in [0.2, 0.25) is 10.0 Å². The van der Waals surface area contributed by atoms with Crippen molar-refractivity contribution in [3.05, 3.63) is 30.5 Å². The lowest BCUT2D eigenvalue weighted by Crippen LogP contribution is -2.25. The Morgan fingerprint density at radius 2 is 1.84 bits per heavy atom. The molecule has 0 radical (unpaired) electrons. The Morgan fingerprint density at radius 1 is 1.21 bits per heavy atom. The number of aromatic nitrogens is 1. The van der Waals surface area contributed by atoms with Gasteiger partial charge in [-0.15, -0.1) is 0 Å². The van der Waals surface area contributed by atoms with Crippen molar-refractivity contribution in [1.82, 2.24) is 4.98 Å². The van der Waals surface area contributed by atoms with Crippen LogP contribution in [0.1, 0.15) is 12.8 Å². The Bertz CT molecular complexity index is 596. The summed E-state index contributed by atoms with van der Waals surface area (Å²) in [4.78, 5) is 6.42. The summed E-state index contributed by atoms with van der Waals surface area (Å²) < 4.78 is 23.2. The molecule has 19 heavy (non-hydrogen) atoms. The molecule has 2 heterocycles. The molecule has 2 atom stereocenters. The molecule has 1 fully saturated rings. The number of hydrogen-bond donors (Lipinski definition) is 1. The van der Waals surface area contributed by atoms with Gasteiger partial charge >= 0.3 is 0 Å². The van der Waals surface area contributed by atoms with Crippen LogP contribution < -0.4 is 10.0 Å². The molecule has 0 spiro atoms. The summed E-state index contributed by atoms with van der Waals surface area (Å²) in [5.41, 5.74) is 0. The highest BCUT2D eigenvalue weighted by Gasteiger charge is 2.35. The molecular formula is C13H17N3O2S. The molecule has 2 aliphatic rings. The van der Waals surface area contributed by atoms with Crippen molar-refractivity contribution in [3.63, 3.8) is 0 Å². The van der Waals surface area contributed by atoms with Gasteiger partial charge in [-0.2, -0.15) is 0 Å². The van der Waals surface area contributed by atoms with Crippen LogP contribution in [0.25, 0.3) is 0 Å². The van der Waals surface area contributed by atoms with Crippen molar-refractivity contribution >= 4 is 15.8 Å². The normalized spacial score (nSPS) is 26.5. The minimum absolute atomic E-state index is 0.126. The van der Waals surface area contributed by atoms with E-state index in [1.54, 1.807) is 12.3 Å². The SMILES string of the molecule is NS(=O)(=O)c1cccnc1N1CC2CC=CCC2C1. The molecule has 0 amide bonds. The van der Waals surface area contributed by atoms with Crippen molar-refractivity contribution < 1.29 is 8.42 Å². The van der Waals surface area contributed by atoms with Gasteiger partial charge in [-0.05, 0) is 36.8 Å². The van der Waals surface area contributed by atoms with Gasteiger partial charge in [0, 0.05) is 19.3 Å². The number of hydrogen-bond acceptors (Lipinski definition) is 4. The molecule has 1 aliphatic carbocycles. The summed E-state index contributed by atoms with van der Waals surface area (Å²) in [5, 5.41) is 5.27. The first-order valence-electron chi connectivity index (χ1n) is 6.43. The Balaban J connectivity index is 1.92. The van der Waals surface area contributed by atoms with Crippen LogP contribution in [-0.4, -0.2) is 26.5 Å². The summed E-state index contributed by atoms with van der Waals surface area (Å²) in [6.45, 7) is 1.71. The van der Waals surface area contributed by atoms with Crippen molar-refractivity contribution in [2.75, 3.05) is 18.0 Å². The first-order chi connectivity index (χ1) is 9.05. The Labute approximate surface area is 113 Å². The maximum Gasteiger partial charge on any atom is 0.241 e. The maximum absolute atomic E-state index is 11.6. The van der Waals surface area contributed by atoms with Gasteiger partial charge in [-0.25, -0.2) is 18.5 Å². The number of pyridine rings is 1. The molecular weight excluding hydrogens is 262 g/mol. The standard InChI is InChI=1S/C13H17N3O2S/c14-19(17,18)12-6-3-7-15-13(12)16-8-10-4-1-2-5-11(10)9-16/h1-3,6-7,10-11H,4-5,8-9H2,(H2,14,17,18). The lowest BCUT2D eigenvalue weighted by Gasteiger charge is -2.19. The van der Waals surface area contributed by atoms with E-state index in [0.717, 1.165) is 25.9 Å². The van der Waals surface area contributed by atoms with Crippen molar-refractivity contribution in [2.45, 2.75) is 17.7 Å². The van der Waals surface area contributed by atoms with Crippen molar-refractivity contribution in [2.24, 2.45) is 17.0 Å². The van der Waals surface area contributed by atoms with Gasteiger partial charge in [0.1, 0.15) is 10.7 Å². The maximum atomic E-state index is 11.6. The van der Waals surface area contributed by atoms with Crippen molar-refractivity contribution in [3.8, 4) is 0 Å². The van der Waals surface area contributed by atoms with Crippen LogP contribution in [0.4, 0.5) is 5.82 Å². The van der Waals surface area contributed by atoms with E-state index < -0.39 is 10.0 Å². The summed E-state index contributed by atoms with van der Waals surface area (Å²) in [5.74, 6) is 1.69. The summed E-state index contributed by atoms with van der Waals surface area (Å²) >= 11 is 0. The average Bonchev–Trinajstić information content (AvgIpc) is 2.81. The second-order valence-electron chi connectivity index (χ2n) is 5.24. The van der Waals surface area contributed by atoms with Crippen molar-refractivity contribution in [1.29, 1.82) is 0 Å². The quantitative estimate of drug-likeness (QED) is 0.823. The van der Waals surface area contributed by atoms with E-state index in [1.807, 2.05) is 0 Å². The molecule has 6 heteroatoms. The molecule has 0 bridgehead atoms. The smallest absolute Gasteiger partial charge is 0.241 e. The molecule has 1 aromatic rings. The molecule has 5 nitrogen and oxygen atoms in total. The zero-order chi connectivity index (χ0) is 13.5. The van der Waals surface area contributed by atoms with Gasteiger partial charge < -0.3 is 4.90 Å². The lowest BCUT2D eigenvalue weighted by molar-refractivity contribution is 0.411. The third kappa shape index (κ3) is 2.37. The van der Waals surface area contributed by atoms with Gasteiger partial charge in [0.15, 0.2) is 0 Å². The van der Waals surface area contributed by atoms with Gasteiger partial charge in [-0.1, -0.05) is 12.2 Å². The van der Waals surface area contributed by atoms with E-state index in [4.69, 9.17) is 5.14 Å². The molecule has 2 unspecified atom stereocenters. The number of primary sulfonamides is 1. The minimum Gasteiger partial charge on any atom is -0.355 e. The fourth-order valence-electron chi connectivity index (χ4n) is 3.03. The van der Waals surface area contributed by atoms with E-state index in [2.05, 4.69) is 22.0 Å². The van der Waals surface area contributed by atoms with Crippen LogP contribution in [0.5, 0.6) is 0 Å². The largest absolute Gasteiger partial charge is 0.355 e. The van der Waals surface area contributed by atoms with Crippen LogP contribution >= 0.6 is 0 Å². The summed E-state index contributed by atoms with van der Waals surface area (Å²) in [7, 11) is -3.72. The first kappa shape index (κ1) is 12.6. The second-order valence-corrected chi connectivity index (χ2v) is 6.77. The van der Waals surface area contributed by atoms with Crippen LogP contribution in [0.2, 0.25) is 0 Å². The molecule has 1 aliphatic heterocycles. The number of anilines is 1. The van der Waals surface area contributed by atoms with E-state index in [-0.39, 0.29) is 4.90 Å². The molecule has 1 saturated heterocycles. The highest BCUT2D eigenvalue weighted by Crippen LogP contribution is 2.36. The topological polar surface area (TPSA) is 76.3 Å². The molecule has 1 aromatic heterocycles. The lowest BCUT2D eigenvalue weighted by atomic mass is 9.86. The van der Waals surface area contributed by atoms with Gasteiger partial charge in [0.25, 0.3) is 0 Å². The highest BCUT2D eigenvalue weighted by atomic mass is 32.2. The van der Waals surface area contributed by atoms with E-state index in [9.17, 15) is 8.42 Å². The van der Waals surface area contributed by atoms with Gasteiger partial charge in [-0.3, -0.25) is 0 Å². The average molecular weight is 279 g/mol. The van der Waals surface area contributed by atoms with E-state index in [0.29, 0.717) is 17.7 Å². The third-order valence-corrected chi connectivity index (χ3v) is 4.91. The predicted octanol–water partition coefficient (Wildman–Crippen LogP) is 1.13. The third-order valence-electron chi connectivity index (χ3n) is 3.98. The fourth-order valence-corrected chi connectivity index (χ4v) is 3.73. The molecule has 102 valence electrons.